The molecule has 23 heavy (non-hydrogen) atoms. The molecule has 0 bridgehead atoms. The highest BCUT2D eigenvalue weighted by Gasteiger charge is 2.39. The molecule has 0 spiro atoms. The number of hydrogen-bond acceptors (Lipinski definition) is 3. The van der Waals surface area contributed by atoms with Crippen molar-refractivity contribution in [2.24, 2.45) is 0 Å². The van der Waals surface area contributed by atoms with Gasteiger partial charge < -0.3 is 4.90 Å². The average Bonchev–Trinajstić information content (AvgIpc) is 2.56. The minimum atomic E-state index is -3.54. The van der Waals surface area contributed by atoms with E-state index in [4.69, 9.17) is 0 Å². The van der Waals surface area contributed by atoms with Crippen LogP contribution in [0.4, 0.5) is 0 Å². The molecule has 1 aliphatic heterocycles. The Balaban J connectivity index is 2.38. The summed E-state index contributed by atoms with van der Waals surface area (Å²) in [4.78, 5) is 13.4. The van der Waals surface area contributed by atoms with Crippen LogP contribution in [0.3, 0.4) is 0 Å². The van der Waals surface area contributed by atoms with Crippen molar-refractivity contribution in [2.45, 2.75) is 26.8 Å². The van der Waals surface area contributed by atoms with E-state index in [1.807, 2.05) is 44.2 Å². The van der Waals surface area contributed by atoms with Crippen LogP contribution in [0.25, 0.3) is 0 Å². The van der Waals surface area contributed by atoms with Crippen LogP contribution >= 0.6 is 0 Å². The Morgan fingerprint density at radius 1 is 1.17 bits per heavy atom. The van der Waals surface area contributed by atoms with Gasteiger partial charge in [-0.2, -0.15) is 17.0 Å². The first-order chi connectivity index (χ1) is 10.9. The van der Waals surface area contributed by atoms with Gasteiger partial charge in [0.2, 0.25) is 5.91 Å². The summed E-state index contributed by atoms with van der Waals surface area (Å²) in [6.45, 7) is 7.21. The first-order valence-corrected chi connectivity index (χ1v) is 9.38. The van der Waals surface area contributed by atoms with Crippen LogP contribution in [0.2, 0.25) is 0 Å². The smallest absolute Gasteiger partial charge is 0.282 e. The van der Waals surface area contributed by atoms with Crippen molar-refractivity contribution in [3.05, 3.63) is 35.9 Å². The molecule has 0 aliphatic carbocycles. The molecule has 1 atom stereocenters. The second-order valence-corrected chi connectivity index (χ2v) is 7.48. The lowest BCUT2D eigenvalue weighted by Gasteiger charge is -2.42. The summed E-state index contributed by atoms with van der Waals surface area (Å²) >= 11 is 0. The second kappa shape index (κ2) is 7.42. The van der Waals surface area contributed by atoms with Gasteiger partial charge in [-0.3, -0.25) is 4.79 Å². The highest BCUT2D eigenvalue weighted by Crippen LogP contribution is 2.29. The normalized spacial score (nSPS) is 20.0. The van der Waals surface area contributed by atoms with Crippen molar-refractivity contribution in [1.29, 1.82) is 0 Å². The fourth-order valence-corrected chi connectivity index (χ4v) is 4.75. The first-order valence-electron chi connectivity index (χ1n) is 7.99. The maximum atomic E-state index is 13.0. The van der Waals surface area contributed by atoms with Crippen molar-refractivity contribution >= 4 is 16.1 Å². The van der Waals surface area contributed by atoms with E-state index in [1.165, 1.54) is 15.5 Å². The fourth-order valence-electron chi connectivity index (χ4n) is 2.97. The van der Waals surface area contributed by atoms with Crippen molar-refractivity contribution in [2.75, 3.05) is 32.7 Å². The Labute approximate surface area is 138 Å². The topological polar surface area (TPSA) is 60.9 Å². The van der Waals surface area contributed by atoms with E-state index < -0.39 is 10.2 Å². The lowest BCUT2D eigenvalue weighted by atomic mass is 10.0. The lowest BCUT2D eigenvalue weighted by Crippen LogP contribution is -2.55. The number of piperazine rings is 1. The summed E-state index contributed by atoms with van der Waals surface area (Å²) in [6.07, 6.45) is 0. The summed E-state index contributed by atoms with van der Waals surface area (Å²) in [5.41, 5.74) is 0.911. The van der Waals surface area contributed by atoms with Gasteiger partial charge in [0, 0.05) is 39.6 Å². The molecule has 7 heteroatoms. The number of rotatable bonds is 5. The molecule has 1 heterocycles. The Hall–Kier alpha value is -1.44. The third-order valence-corrected chi connectivity index (χ3v) is 6.49. The van der Waals surface area contributed by atoms with Crippen LogP contribution in [0.15, 0.2) is 30.3 Å². The van der Waals surface area contributed by atoms with E-state index >= 15 is 0 Å². The molecule has 1 aliphatic rings. The minimum absolute atomic E-state index is 0.0224. The first kappa shape index (κ1) is 17.9. The molecule has 0 aromatic heterocycles. The maximum absolute atomic E-state index is 13.0. The zero-order chi connectivity index (χ0) is 17.0. The maximum Gasteiger partial charge on any atom is 0.282 e. The third-order valence-electron chi connectivity index (χ3n) is 4.29. The van der Waals surface area contributed by atoms with Crippen molar-refractivity contribution < 1.29 is 13.2 Å². The molecule has 1 aromatic rings. The highest BCUT2D eigenvalue weighted by molar-refractivity contribution is 7.86. The predicted octanol–water partition coefficient (Wildman–Crippen LogP) is 1.48. The molecule has 128 valence electrons. The van der Waals surface area contributed by atoms with Crippen molar-refractivity contribution in [3.63, 3.8) is 0 Å². The van der Waals surface area contributed by atoms with E-state index in [9.17, 15) is 13.2 Å². The molecular formula is C16H25N3O3S. The molecule has 0 N–H and O–H groups in total. The van der Waals surface area contributed by atoms with Crippen LogP contribution in [0.5, 0.6) is 0 Å². The number of hydrogen-bond donors (Lipinski definition) is 0. The van der Waals surface area contributed by atoms with Crippen molar-refractivity contribution in [1.82, 2.24) is 13.5 Å². The van der Waals surface area contributed by atoms with Gasteiger partial charge in [0.15, 0.2) is 0 Å². The standard InChI is InChI=1S/C16H25N3O3S/c1-4-18(5-2)23(21,22)19-12-11-17(14(3)20)13-16(19)15-9-7-6-8-10-15/h6-10,16H,4-5,11-13H2,1-3H3/t16-/m0/s1. The van der Waals surface area contributed by atoms with Gasteiger partial charge in [-0.1, -0.05) is 44.2 Å². The Morgan fingerprint density at radius 2 is 1.78 bits per heavy atom. The molecule has 6 nitrogen and oxygen atoms in total. The number of carbonyl (C=O) groups excluding carboxylic acids is 1. The molecule has 0 radical (unpaired) electrons. The van der Waals surface area contributed by atoms with Gasteiger partial charge in [-0.25, -0.2) is 0 Å². The molecule has 1 aromatic carbocycles. The van der Waals surface area contributed by atoms with Gasteiger partial charge in [0.25, 0.3) is 10.2 Å². The Kier molecular flexibility index (Phi) is 5.78. The number of benzene rings is 1. The van der Waals surface area contributed by atoms with Gasteiger partial charge in [0.05, 0.1) is 6.04 Å². The number of nitrogens with zero attached hydrogens (tertiary/aromatic N) is 3. The highest BCUT2D eigenvalue weighted by atomic mass is 32.2. The van der Waals surface area contributed by atoms with Crippen LogP contribution in [-0.2, 0) is 15.0 Å². The molecule has 0 unspecified atom stereocenters. The molecule has 1 amide bonds. The number of amides is 1. The zero-order valence-electron chi connectivity index (χ0n) is 14.0. The molecule has 1 saturated heterocycles. The summed E-state index contributed by atoms with van der Waals surface area (Å²) < 4.78 is 28.9. The van der Waals surface area contributed by atoms with Crippen LogP contribution in [0, 0.1) is 0 Å². The molecule has 0 saturated carbocycles. The van der Waals surface area contributed by atoms with E-state index in [0.717, 1.165) is 5.56 Å². The SMILES string of the molecule is CCN(CC)S(=O)(=O)N1CCN(C(C)=O)C[C@H]1c1ccccc1. The van der Waals surface area contributed by atoms with E-state index in [0.29, 0.717) is 32.7 Å². The third kappa shape index (κ3) is 3.73. The molecule has 2 rings (SSSR count). The van der Waals surface area contributed by atoms with Crippen LogP contribution in [-0.4, -0.2) is 60.6 Å². The zero-order valence-corrected chi connectivity index (χ0v) is 14.8. The Bertz CT molecular complexity index is 629. The van der Waals surface area contributed by atoms with Crippen LogP contribution in [0.1, 0.15) is 32.4 Å². The fraction of sp³-hybridized carbons (Fsp3) is 0.562. The van der Waals surface area contributed by atoms with Crippen molar-refractivity contribution in [3.8, 4) is 0 Å². The number of carbonyl (C=O) groups is 1. The Morgan fingerprint density at radius 3 is 2.30 bits per heavy atom. The summed E-state index contributed by atoms with van der Waals surface area (Å²) in [7, 11) is -3.54. The monoisotopic (exact) mass is 339 g/mol. The largest absolute Gasteiger partial charge is 0.340 e. The van der Waals surface area contributed by atoms with E-state index in [1.54, 1.807) is 4.90 Å². The quantitative estimate of drug-likeness (QED) is 0.816. The molecule has 1 fully saturated rings. The lowest BCUT2D eigenvalue weighted by molar-refractivity contribution is -0.131. The molecular weight excluding hydrogens is 314 g/mol. The minimum Gasteiger partial charge on any atom is -0.340 e. The van der Waals surface area contributed by atoms with Crippen LogP contribution < -0.4 is 0 Å². The second-order valence-electron chi connectivity index (χ2n) is 5.59. The van der Waals surface area contributed by atoms with Gasteiger partial charge in [0.1, 0.15) is 0 Å². The summed E-state index contributed by atoms with van der Waals surface area (Å²) in [5.74, 6) is -0.0224. The van der Waals surface area contributed by atoms with E-state index in [2.05, 4.69) is 0 Å². The van der Waals surface area contributed by atoms with Gasteiger partial charge >= 0.3 is 0 Å². The van der Waals surface area contributed by atoms with E-state index in [-0.39, 0.29) is 11.9 Å². The summed E-state index contributed by atoms with van der Waals surface area (Å²) in [6, 6.07) is 9.17. The predicted molar refractivity (Wildman–Crippen MR) is 90.0 cm³/mol. The average molecular weight is 339 g/mol. The summed E-state index contributed by atoms with van der Waals surface area (Å²) in [5, 5.41) is 0. The van der Waals surface area contributed by atoms with Gasteiger partial charge in [-0.05, 0) is 5.56 Å². The van der Waals surface area contributed by atoms with Gasteiger partial charge in [-0.15, -0.1) is 0 Å².